The standard InChI is InChI=1S/C32H19N3/c1-2-6-20-18(5-1)15-19-9-10-21-22-11-12-24-23-13-14-33-17-29(23)35-28-8-4-3-7-27(28)34-32(35)31(24)26(22)16-25(21)30(19)20/h1-14,17H,15-16H2. The van der Waals surface area contributed by atoms with Crippen LogP contribution >= 0.6 is 0 Å². The number of hydrogen-bond acceptors (Lipinski definition) is 2. The molecule has 0 atom stereocenters. The van der Waals surface area contributed by atoms with Crippen molar-refractivity contribution in [2.75, 3.05) is 0 Å². The number of fused-ring (bicyclic) bond motifs is 16. The Labute approximate surface area is 201 Å². The van der Waals surface area contributed by atoms with E-state index in [1.807, 2.05) is 12.4 Å². The summed E-state index contributed by atoms with van der Waals surface area (Å²) in [7, 11) is 0. The van der Waals surface area contributed by atoms with E-state index in [-0.39, 0.29) is 0 Å². The van der Waals surface area contributed by atoms with Crippen LogP contribution in [0, 0.1) is 0 Å². The van der Waals surface area contributed by atoms with Crippen LogP contribution in [-0.2, 0) is 12.8 Å². The van der Waals surface area contributed by atoms with Gasteiger partial charge in [0.05, 0.1) is 22.7 Å². The molecule has 3 heterocycles. The van der Waals surface area contributed by atoms with Crippen molar-refractivity contribution in [3.05, 3.63) is 114 Å². The maximum absolute atomic E-state index is 5.18. The highest BCUT2D eigenvalue weighted by Crippen LogP contribution is 2.50. The zero-order chi connectivity index (χ0) is 22.7. The Hall–Kier alpha value is -4.50. The number of aromatic nitrogens is 3. The van der Waals surface area contributed by atoms with Gasteiger partial charge in [-0.1, -0.05) is 60.7 Å². The summed E-state index contributed by atoms with van der Waals surface area (Å²) in [5.74, 6) is 0. The Morgan fingerprint density at radius 2 is 1.49 bits per heavy atom. The van der Waals surface area contributed by atoms with E-state index in [0.29, 0.717) is 0 Å². The van der Waals surface area contributed by atoms with Gasteiger partial charge in [-0.15, -0.1) is 0 Å². The summed E-state index contributed by atoms with van der Waals surface area (Å²) >= 11 is 0. The number of imidazole rings is 1. The lowest BCUT2D eigenvalue weighted by Gasteiger charge is -2.12. The first-order chi connectivity index (χ1) is 17.4. The van der Waals surface area contributed by atoms with Gasteiger partial charge < -0.3 is 0 Å². The van der Waals surface area contributed by atoms with E-state index in [2.05, 4.69) is 88.2 Å². The molecule has 162 valence electrons. The minimum atomic E-state index is 0.939. The third kappa shape index (κ3) is 2.12. The second kappa shape index (κ2) is 6.13. The number of para-hydroxylation sites is 2. The first-order valence-electron chi connectivity index (χ1n) is 12.2. The summed E-state index contributed by atoms with van der Waals surface area (Å²) in [6.07, 6.45) is 5.85. The second-order valence-electron chi connectivity index (χ2n) is 9.80. The summed E-state index contributed by atoms with van der Waals surface area (Å²) < 4.78 is 2.31. The van der Waals surface area contributed by atoms with Gasteiger partial charge in [-0.25, -0.2) is 4.98 Å². The maximum Gasteiger partial charge on any atom is 0.146 e. The Kier molecular flexibility index (Phi) is 3.14. The zero-order valence-corrected chi connectivity index (χ0v) is 18.9. The molecule has 0 N–H and O–H groups in total. The summed E-state index contributed by atoms with van der Waals surface area (Å²) in [6.45, 7) is 0. The summed E-state index contributed by atoms with van der Waals surface area (Å²) in [6, 6.07) is 28.8. The molecule has 2 aliphatic rings. The van der Waals surface area contributed by atoms with Crippen LogP contribution in [0.1, 0.15) is 22.3 Å². The van der Waals surface area contributed by atoms with Crippen LogP contribution in [0.2, 0.25) is 0 Å². The predicted octanol–water partition coefficient (Wildman–Crippen LogP) is 7.33. The minimum absolute atomic E-state index is 0.939. The van der Waals surface area contributed by atoms with E-state index in [9.17, 15) is 0 Å². The molecular weight excluding hydrogens is 426 g/mol. The largest absolute Gasteiger partial charge is 0.290 e. The van der Waals surface area contributed by atoms with Crippen molar-refractivity contribution < 1.29 is 0 Å². The van der Waals surface area contributed by atoms with Crippen molar-refractivity contribution in [2.45, 2.75) is 12.8 Å². The molecule has 9 rings (SSSR count). The quantitative estimate of drug-likeness (QED) is 0.229. The molecule has 0 fully saturated rings. The lowest BCUT2D eigenvalue weighted by Crippen LogP contribution is -1.95. The Balaban J connectivity index is 1.44. The van der Waals surface area contributed by atoms with Crippen molar-refractivity contribution in [3.8, 4) is 22.3 Å². The first-order valence-corrected chi connectivity index (χ1v) is 12.2. The van der Waals surface area contributed by atoms with E-state index < -0.39 is 0 Å². The van der Waals surface area contributed by atoms with Crippen molar-refractivity contribution in [2.24, 2.45) is 0 Å². The van der Waals surface area contributed by atoms with Gasteiger partial charge in [0.1, 0.15) is 5.65 Å². The van der Waals surface area contributed by atoms with Crippen molar-refractivity contribution in [1.29, 1.82) is 0 Å². The number of rotatable bonds is 0. The highest BCUT2D eigenvalue weighted by molar-refractivity contribution is 6.17. The summed E-state index contributed by atoms with van der Waals surface area (Å²) in [5, 5.41) is 3.75. The van der Waals surface area contributed by atoms with E-state index in [1.54, 1.807) is 0 Å². The maximum atomic E-state index is 5.18. The summed E-state index contributed by atoms with van der Waals surface area (Å²) in [5.41, 5.74) is 15.6. The fourth-order valence-corrected chi connectivity index (χ4v) is 6.71. The molecule has 0 aliphatic heterocycles. The van der Waals surface area contributed by atoms with Crippen LogP contribution < -0.4 is 0 Å². The third-order valence-electron chi connectivity index (χ3n) is 8.14. The molecule has 0 saturated carbocycles. The van der Waals surface area contributed by atoms with Crippen LogP contribution in [0.3, 0.4) is 0 Å². The predicted molar refractivity (Wildman–Crippen MR) is 142 cm³/mol. The van der Waals surface area contributed by atoms with Crippen molar-refractivity contribution in [3.63, 3.8) is 0 Å². The molecule has 35 heavy (non-hydrogen) atoms. The molecule has 3 aromatic heterocycles. The monoisotopic (exact) mass is 445 g/mol. The average Bonchev–Trinajstić information content (AvgIpc) is 3.59. The zero-order valence-electron chi connectivity index (χ0n) is 18.9. The van der Waals surface area contributed by atoms with Crippen molar-refractivity contribution in [1.82, 2.24) is 14.4 Å². The summed E-state index contributed by atoms with van der Waals surface area (Å²) in [4.78, 5) is 9.65. The van der Waals surface area contributed by atoms with Crippen LogP contribution in [0.15, 0.2) is 91.3 Å². The normalized spacial score (nSPS) is 13.5. The molecule has 7 aromatic rings. The molecule has 0 radical (unpaired) electrons. The molecule has 0 spiro atoms. The molecule has 0 bridgehead atoms. The smallest absolute Gasteiger partial charge is 0.146 e. The van der Waals surface area contributed by atoms with Crippen LogP contribution in [0.5, 0.6) is 0 Å². The molecule has 2 aliphatic carbocycles. The Morgan fingerprint density at radius 1 is 0.629 bits per heavy atom. The third-order valence-corrected chi connectivity index (χ3v) is 8.14. The Morgan fingerprint density at radius 3 is 2.49 bits per heavy atom. The van der Waals surface area contributed by atoms with Gasteiger partial charge in [0, 0.05) is 23.4 Å². The minimum Gasteiger partial charge on any atom is -0.290 e. The van der Waals surface area contributed by atoms with E-state index >= 15 is 0 Å². The van der Waals surface area contributed by atoms with Crippen molar-refractivity contribution >= 4 is 38.4 Å². The fourth-order valence-electron chi connectivity index (χ4n) is 6.71. The lowest BCUT2D eigenvalue weighted by molar-refractivity contribution is 1.23. The van der Waals surface area contributed by atoms with Crippen LogP contribution in [0.4, 0.5) is 0 Å². The number of nitrogens with zero attached hydrogens (tertiary/aromatic N) is 3. The van der Waals surface area contributed by atoms with E-state index in [0.717, 1.165) is 35.0 Å². The van der Waals surface area contributed by atoms with Crippen LogP contribution in [0.25, 0.3) is 60.6 Å². The van der Waals surface area contributed by atoms with Crippen LogP contribution in [-0.4, -0.2) is 14.4 Å². The lowest BCUT2D eigenvalue weighted by atomic mass is 9.95. The van der Waals surface area contributed by atoms with E-state index in [4.69, 9.17) is 4.98 Å². The van der Waals surface area contributed by atoms with E-state index in [1.165, 1.54) is 60.7 Å². The number of pyridine rings is 2. The van der Waals surface area contributed by atoms with Gasteiger partial charge in [0.25, 0.3) is 0 Å². The molecule has 4 aromatic carbocycles. The SMILES string of the molecule is c1ccc2c(c1)Cc1ccc3c(c1-2)Cc1c-3ccc2c3ccncc3n3c4ccccc4nc3c12. The van der Waals surface area contributed by atoms with Gasteiger partial charge in [-0.3, -0.25) is 9.38 Å². The second-order valence-corrected chi connectivity index (χ2v) is 9.80. The molecule has 3 nitrogen and oxygen atoms in total. The van der Waals surface area contributed by atoms with Gasteiger partial charge in [0.2, 0.25) is 0 Å². The number of benzene rings is 4. The number of hydrogen-bond donors (Lipinski definition) is 0. The van der Waals surface area contributed by atoms with Gasteiger partial charge in [0.15, 0.2) is 0 Å². The highest BCUT2D eigenvalue weighted by atomic mass is 15.0. The van der Waals surface area contributed by atoms with Gasteiger partial charge >= 0.3 is 0 Å². The fraction of sp³-hybridized carbons (Fsp3) is 0.0625. The van der Waals surface area contributed by atoms with Gasteiger partial charge in [-0.2, -0.15) is 0 Å². The Bertz CT molecular complexity index is 2060. The average molecular weight is 446 g/mol. The molecule has 0 unspecified atom stereocenters. The topological polar surface area (TPSA) is 30.2 Å². The highest BCUT2D eigenvalue weighted by Gasteiger charge is 2.30. The molecule has 0 amide bonds. The first kappa shape index (κ1) is 17.9. The molecular formula is C32H19N3. The molecule has 3 heteroatoms. The van der Waals surface area contributed by atoms with Gasteiger partial charge in [-0.05, 0) is 74.5 Å². The molecule has 0 saturated heterocycles.